The first kappa shape index (κ1) is 20.5. The van der Waals surface area contributed by atoms with Crippen LogP contribution in [-0.2, 0) is 0 Å². The maximum atomic E-state index is 14.1. The van der Waals surface area contributed by atoms with Crippen molar-refractivity contribution in [2.75, 3.05) is 19.7 Å². The van der Waals surface area contributed by atoms with E-state index >= 15 is 0 Å². The molecule has 0 amide bonds. The summed E-state index contributed by atoms with van der Waals surface area (Å²) in [6.45, 7) is 4.02. The molecule has 0 aliphatic carbocycles. The maximum absolute atomic E-state index is 14.1. The van der Waals surface area contributed by atoms with Gasteiger partial charge in [0.1, 0.15) is 24.3 Å². The second-order valence-electron chi connectivity index (χ2n) is 8.56. The highest BCUT2D eigenvalue weighted by molar-refractivity contribution is 7.19. The summed E-state index contributed by atoms with van der Waals surface area (Å²) in [5.41, 5.74) is 1.07. The molecule has 31 heavy (non-hydrogen) atoms. The zero-order chi connectivity index (χ0) is 21.4. The number of nitrogens with zero attached hydrogens (tertiary/aromatic N) is 1. The first-order valence-electron chi connectivity index (χ1n) is 10.9. The number of likely N-dealkylation sites (tertiary alicyclic amines) is 1. The molecule has 0 bridgehead atoms. The van der Waals surface area contributed by atoms with E-state index in [1.807, 2.05) is 42.6 Å². The normalized spacial score (nSPS) is 21.0. The molecule has 5 rings (SSSR count). The topological polar surface area (TPSA) is 48.5 Å². The van der Waals surface area contributed by atoms with Gasteiger partial charge in [-0.2, -0.15) is 0 Å². The molecule has 1 fully saturated rings. The van der Waals surface area contributed by atoms with Crippen molar-refractivity contribution in [2.45, 2.75) is 37.8 Å². The van der Waals surface area contributed by atoms with Crippen LogP contribution in [0.1, 0.15) is 30.6 Å². The lowest BCUT2D eigenvalue weighted by atomic mass is 9.90. The van der Waals surface area contributed by atoms with Gasteiger partial charge >= 0.3 is 0 Å². The molecule has 2 N–H and O–H groups in total. The van der Waals surface area contributed by atoms with Crippen LogP contribution in [0.3, 0.4) is 0 Å². The summed E-state index contributed by atoms with van der Waals surface area (Å²) in [6.07, 6.45) is 3.41. The molecule has 0 radical (unpaired) electrons. The molecule has 4 aromatic rings. The average molecular weight is 439 g/mol. The minimum Gasteiger partial charge on any atom is -0.491 e. The van der Waals surface area contributed by atoms with Crippen LogP contribution in [0.4, 0.5) is 4.39 Å². The highest BCUT2D eigenvalue weighted by Crippen LogP contribution is 2.38. The van der Waals surface area contributed by atoms with Gasteiger partial charge in [0.25, 0.3) is 0 Å². The number of piperidine rings is 1. The number of H-pyrrole nitrogens is 1. The Hall–Kier alpha value is -2.41. The van der Waals surface area contributed by atoms with Crippen LogP contribution in [0.25, 0.3) is 21.0 Å². The van der Waals surface area contributed by atoms with Crippen LogP contribution < -0.4 is 4.74 Å². The molecule has 0 spiro atoms. The van der Waals surface area contributed by atoms with Gasteiger partial charge in [0, 0.05) is 44.6 Å². The molecule has 4 nitrogen and oxygen atoms in total. The SMILES string of the molecule is C[C@H]1C[C@H](c2cc3c(F)cccc3s2)CCN1C[C@H](O)COc1ccc2[nH]ccc2c1. The summed E-state index contributed by atoms with van der Waals surface area (Å²) >= 11 is 1.71. The fourth-order valence-corrected chi connectivity index (χ4v) is 5.86. The molecule has 2 aromatic carbocycles. The first-order chi connectivity index (χ1) is 15.1. The van der Waals surface area contributed by atoms with Gasteiger partial charge < -0.3 is 14.8 Å². The van der Waals surface area contributed by atoms with Gasteiger partial charge in [0.05, 0.1) is 0 Å². The second kappa shape index (κ2) is 8.61. The third-order valence-electron chi connectivity index (χ3n) is 6.36. The standard InChI is InChI=1S/C25H27FN2O2S/c1-16-11-18(25-13-21-22(26)3-2-4-24(21)31-25)8-10-28(16)14-19(29)15-30-20-5-6-23-17(12-20)7-9-27-23/h2-7,9,12-13,16,18-19,27,29H,8,10-11,14-15H2,1H3/t16-,18+,19-/m0/s1. The van der Waals surface area contributed by atoms with Crippen LogP contribution in [0.5, 0.6) is 5.75 Å². The van der Waals surface area contributed by atoms with Crippen LogP contribution in [-0.4, -0.2) is 46.8 Å². The van der Waals surface area contributed by atoms with Crippen LogP contribution in [0, 0.1) is 5.82 Å². The van der Waals surface area contributed by atoms with E-state index in [9.17, 15) is 9.50 Å². The van der Waals surface area contributed by atoms with E-state index in [4.69, 9.17) is 4.74 Å². The second-order valence-corrected chi connectivity index (χ2v) is 9.67. The zero-order valence-electron chi connectivity index (χ0n) is 17.6. The molecule has 0 saturated carbocycles. The highest BCUT2D eigenvalue weighted by Gasteiger charge is 2.29. The Morgan fingerprint density at radius 2 is 2.16 bits per heavy atom. The van der Waals surface area contributed by atoms with Gasteiger partial charge in [0.2, 0.25) is 0 Å². The molecule has 6 heteroatoms. The number of halogens is 1. The Morgan fingerprint density at radius 3 is 3.00 bits per heavy atom. The van der Waals surface area contributed by atoms with E-state index < -0.39 is 6.10 Å². The molecular weight excluding hydrogens is 411 g/mol. The van der Waals surface area contributed by atoms with Gasteiger partial charge in [-0.15, -0.1) is 11.3 Å². The van der Waals surface area contributed by atoms with Crippen molar-refractivity contribution < 1.29 is 14.2 Å². The van der Waals surface area contributed by atoms with Crippen LogP contribution >= 0.6 is 11.3 Å². The minimum absolute atomic E-state index is 0.135. The molecule has 3 atom stereocenters. The van der Waals surface area contributed by atoms with E-state index in [0.717, 1.165) is 46.1 Å². The van der Waals surface area contributed by atoms with E-state index in [2.05, 4.69) is 16.8 Å². The molecular formula is C25H27FN2O2S. The van der Waals surface area contributed by atoms with E-state index in [-0.39, 0.29) is 12.4 Å². The van der Waals surface area contributed by atoms with Crippen molar-refractivity contribution in [2.24, 2.45) is 0 Å². The van der Waals surface area contributed by atoms with Crippen molar-refractivity contribution in [3.8, 4) is 5.75 Å². The number of hydrogen-bond donors (Lipinski definition) is 2. The number of fused-ring (bicyclic) bond motifs is 2. The number of nitrogens with one attached hydrogen (secondary N) is 1. The molecule has 1 aliphatic rings. The number of hydrogen-bond acceptors (Lipinski definition) is 4. The van der Waals surface area contributed by atoms with Crippen molar-refractivity contribution in [3.05, 3.63) is 65.4 Å². The quantitative estimate of drug-likeness (QED) is 0.416. The molecule has 2 aromatic heterocycles. The van der Waals surface area contributed by atoms with Crippen molar-refractivity contribution in [3.63, 3.8) is 0 Å². The average Bonchev–Trinajstić information content (AvgIpc) is 3.41. The largest absolute Gasteiger partial charge is 0.491 e. The number of benzene rings is 2. The molecule has 162 valence electrons. The van der Waals surface area contributed by atoms with E-state index in [0.29, 0.717) is 18.5 Å². The zero-order valence-corrected chi connectivity index (χ0v) is 18.4. The number of aromatic amines is 1. The smallest absolute Gasteiger partial charge is 0.131 e. The lowest BCUT2D eigenvalue weighted by Crippen LogP contribution is -2.45. The molecule has 0 unspecified atom stereocenters. The Balaban J connectivity index is 1.16. The third kappa shape index (κ3) is 4.33. The molecule has 1 aliphatic heterocycles. The number of rotatable bonds is 6. The number of aromatic nitrogens is 1. The number of thiophene rings is 1. The number of aliphatic hydroxyl groups excluding tert-OH is 1. The van der Waals surface area contributed by atoms with Crippen molar-refractivity contribution in [1.29, 1.82) is 0 Å². The predicted octanol–water partition coefficient (Wildman–Crippen LogP) is 5.53. The summed E-state index contributed by atoms with van der Waals surface area (Å²) in [7, 11) is 0. The minimum atomic E-state index is -0.542. The summed E-state index contributed by atoms with van der Waals surface area (Å²) in [6, 6.07) is 15.6. The maximum Gasteiger partial charge on any atom is 0.131 e. The van der Waals surface area contributed by atoms with Gasteiger partial charge in [-0.1, -0.05) is 6.07 Å². The summed E-state index contributed by atoms with van der Waals surface area (Å²) in [4.78, 5) is 6.78. The first-order valence-corrected chi connectivity index (χ1v) is 11.7. The lowest BCUT2D eigenvalue weighted by Gasteiger charge is -2.38. The van der Waals surface area contributed by atoms with Gasteiger partial charge in [-0.3, -0.25) is 4.90 Å². The van der Waals surface area contributed by atoms with Gasteiger partial charge in [0.15, 0.2) is 0 Å². The summed E-state index contributed by atoms with van der Waals surface area (Å²) in [5.74, 6) is 1.09. The highest BCUT2D eigenvalue weighted by atomic mass is 32.1. The molecule has 3 heterocycles. The Bertz CT molecular complexity index is 1190. The number of β-amino-alcohol motifs (C(OH)–C–C–N with tert-alkyl or cyclic N) is 1. The van der Waals surface area contributed by atoms with Crippen molar-refractivity contribution in [1.82, 2.24) is 9.88 Å². The predicted molar refractivity (Wildman–Crippen MR) is 125 cm³/mol. The monoisotopic (exact) mass is 438 g/mol. The Morgan fingerprint density at radius 1 is 1.26 bits per heavy atom. The third-order valence-corrected chi connectivity index (χ3v) is 7.62. The Kier molecular flexibility index (Phi) is 5.69. The summed E-state index contributed by atoms with van der Waals surface area (Å²) in [5, 5.41) is 12.4. The van der Waals surface area contributed by atoms with Gasteiger partial charge in [-0.05, 0) is 74.7 Å². The summed E-state index contributed by atoms with van der Waals surface area (Å²) < 4.78 is 20.9. The fraction of sp³-hybridized carbons (Fsp3) is 0.360. The van der Waals surface area contributed by atoms with E-state index in [1.54, 1.807) is 17.4 Å². The van der Waals surface area contributed by atoms with E-state index in [1.165, 1.54) is 10.9 Å². The fourth-order valence-electron chi connectivity index (χ4n) is 4.63. The number of ether oxygens (including phenoxy) is 1. The Labute approximate surface area is 185 Å². The number of aliphatic hydroxyl groups is 1. The molecule has 1 saturated heterocycles. The van der Waals surface area contributed by atoms with Gasteiger partial charge in [-0.25, -0.2) is 4.39 Å². The van der Waals surface area contributed by atoms with Crippen LogP contribution in [0.2, 0.25) is 0 Å². The lowest BCUT2D eigenvalue weighted by molar-refractivity contribution is 0.0404. The van der Waals surface area contributed by atoms with Crippen molar-refractivity contribution >= 4 is 32.3 Å². The van der Waals surface area contributed by atoms with Crippen LogP contribution in [0.15, 0.2) is 54.7 Å².